The lowest BCUT2D eigenvalue weighted by Gasteiger charge is -2.35. The molecule has 220 valence electrons. The van der Waals surface area contributed by atoms with Gasteiger partial charge in [0.25, 0.3) is 0 Å². The van der Waals surface area contributed by atoms with Gasteiger partial charge in [0.1, 0.15) is 0 Å². The normalized spacial score (nSPS) is 13.1. The summed E-state index contributed by atoms with van der Waals surface area (Å²) in [5.74, 6) is 0. The van der Waals surface area contributed by atoms with Crippen molar-refractivity contribution in [3.63, 3.8) is 0 Å². The van der Waals surface area contributed by atoms with Gasteiger partial charge in [0, 0.05) is 43.8 Å². The van der Waals surface area contributed by atoms with Crippen LogP contribution in [-0.4, -0.2) is 15.9 Å². The highest BCUT2D eigenvalue weighted by Crippen LogP contribution is 2.48. The van der Waals surface area contributed by atoms with E-state index in [2.05, 4.69) is 162 Å². The van der Waals surface area contributed by atoms with Gasteiger partial charge >= 0.3 is 6.85 Å². The number of hydrogen-bond donors (Lipinski definition) is 0. The molecule has 0 N–H and O–H groups in total. The highest BCUT2D eigenvalue weighted by Gasteiger charge is 2.42. The summed E-state index contributed by atoms with van der Waals surface area (Å²) in [5, 5.41) is 8.01. The molecule has 0 radical (unpaired) electrons. The van der Waals surface area contributed by atoms with Crippen molar-refractivity contribution in [2.45, 2.75) is 6.92 Å². The number of benzene rings is 8. The van der Waals surface area contributed by atoms with E-state index in [9.17, 15) is 0 Å². The molecule has 0 amide bonds. The average Bonchev–Trinajstić information content (AvgIpc) is 3.67. The van der Waals surface area contributed by atoms with E-state index in [0.717, 1.165) is 0 Å². The SMILES string of the molecule is Cc1ccc2c3c1-c1cccc4c5ccccc5n(c14)B3c1cc(-c3ccccc3)c3ccc4c(-c5ccccc5)ccc5c4c3c1n5-2. The maximum absolute atomic E-state index is 2.67. The van der Waals surface area contributed by atoms with Crippen LogP contribution in [0.2, 0.25) is 0 Å². The summed E-state index contributed by atoms with van der Waals surface area (Å²) in [5.41, 5.74) is 18.5. The molecular weight excluding hydrogens is 579 g/mol. The van der Waals surface area contributed by atoms with Crippen molar-refractivity contribution < 1.29 is 0 Å². The molecule has 2 aliphatic heterocycles. The molecule has 0 aliphatic carbocycles. The molecule has 8 aromatic carbocycles. The van der Waals surface area contributed by atoms with Gasteiger partial charge in [-0.1, -0.05) is 127 Å². The van der Waals surface area contributed by atoms with E-state index in [0.29, 0.717) is 0 Å². The molecule has 3 heteroatoms. The third kappa shape index (κ3) is 2.84. The van der Waals surface area contributed by atoms with Gasteiger partial charge in [-0.05, 0) is 80.2 Å². The van der Waals surface area contributed by atoms with Crippen LogP contribution in [0.15, 0.2) is 146 Å². The van der Waals surface area contributed by atoms with Crippen LogP contribution < -0.4 is 10.9 Å². The lowest BCUT2D eigenvalue weighted by atomic mass is 9.45. The van der Waals surface area contributed by atoms with Crippen LogP contribution in [0.25, 0.3) is 93.5 Å². The van der Waals surface area contributed by atoms with Crippen molar-refractivity contribution in [2.24, 2.45) is 0 Å². The lowest BCUT2D eigenvalue weighted by molar-refractivity contribution is 1.17. The Balaban J connectivity index is 1.34. The second kappa shape index (κ2) is 8.64. The molecule has 10 aromatic rings. The summed E-state index contributed by atoms with van der Waals surface area (Å²) in [4.78, 5) is 0. The standard InChI is InChI=1S/C45H27BN2/c1-26-19-23-39-43-40(26)34-17-10-16-33-30-15-8-9-18-37(30)48(44(33)34)46(43)36-25-35(28-13-6-3-7-14-28)32-21-20-31-29(27-11-4-2-5-12-27)22-24-38-41(31)42(32)45(36)47(38)39/h2-25H,1H3. The van der Waals surface area contributed by atoms with Gasteiger partial charge in [-0.15, -0.1) is 0 Å². The molecule has 4 heterocycles. The van der Waals surface area contributed by atoms with E-state index < -0.39 is 0 Å². The zero-order valence-corrected chi connectivity index (χ0v) is 26.3. The molecule has 2 nitrogen and oxygen atoms in total. The predicted octanol–water partition coefficient (Wildman–Crippen LogP) is 10.1. The third-order valence-electron chi connectivity index (χ3n) is 11.4. The smallest absolute Gasteiger partial charge is 0.333 e. The second-order valence-electron chi connectivity index (χ2n) is 13.7. The summed E-state index contributed by atoms with van der Waals surface area (Å²) < 4.78 is 5.28. The average molecular weight is 607 g/mol. The van der Waals surface area contributed by atoms with Crippen LogP contribution in [0.4, 0.5) is 0 Å². The van der Waals surface area contributed by atoms with Gasteiger partial charge in [0.2, 0.25) is 0 Å². The summed E-state index contributed by atoms with van der Waals surface area (Å²) in [6, 6.07) is 54.5. The van der Waals surface area contributed by atoms with Crippen molar-refractivity contribution in [3.05, 3.63) is 151 Å². The van der Waals surface area contributed by atoms with Gasteiger partial charge in [-0.25, -0.2) is 0 Å². The minimum absolute atomic E-state index is 0.0449. The summed E-state index contributed by atoms with van der Waals surface area (Å²) in [6.45, 7) is 2.34. The van der Waals surface area contributed by atoms with Crippen molar-refractivity contribution in [3.8, 4) is 39.1 Å². The van der Waals surface area contributed by atoms with E-state index in [1.54, 1.807) is 0 Å². The molecule has 0 saturated carbocycles. The first-order valence-electron chi connectivity index (χ1n) is 16.9. The maximum Gasteiger partial charge on any atom is 0.333 e. The van der Waals surface area contributed by atoms with Crippen molar-refractivity contribution in [1.29, 1.82) is 0 Å². The fourth-order valence-corrected chi connectivity index (χ4v) is 9.57. The topological polar surface area (TPSA) is 9.86 Å². The zero-order valence-electron chi connectivity index (χ0n) is 26.3. The van der Waals surface area contributed by atoms with E-state index >= 15 is 0 Å². The highest BCUT2D eigenvalue weighted by atomic mass is 15.0. The van der Waals surface area contributed by atoms with Crippen molar-refractivity contribution in [1.82, 2.24) is 9.05 Å². The lowest BCUT2D eigenvalue weighted by Crippen LogP contribution is -2.55. The van der Waals surface area contributed by atoms with E-state index in [1.165, 1.54) is 110 Å². The van der Waals surface area contributed by atoms with Gasteiger partial charge in [0.15, 0.2) is 0 Å². The molecular formula is C45H27BN2. The Kier molecular flexibility index (Phi) is 4.52. The quantitative estimate of drug-likeness (QED) is 0.137. The van der Waals surface area contributed by atoms with Gasteiger partial charge in [0.05, 0.1) is 11.0 Å². The first kappa shape index (κ1) is 25.1. The third-order valence-corrected chi connectivity index (χ3v) is 11.4. The Morgan fingerprint density at radius 3 is 2.00 bits per heavy atom. The fraction of sp³-hybridized carbons (Fsp3) is 0.0222. The van der Waals surface area contributed by atoms with E-state index in [1.807, 2.05) is 0 Å². The van der Waals surface area contributed by atoms with Crippen LogP contribution >= 0.6 is 0 Å². The zero-order chi connectivity index (χ0) is 31.2. The number of nitrogens with zero attached hydrogens (tertiary/aromatic N) is 2. The first-order valence-corrected chi connectivity index (χ1v) is 16.9. The molecule has 0 spiro atoms. The molecule has 2 aromatic heterocycles. The molecule has 2 aliphatic rings. The van der Waals surface area contributed by atoms with Gasteiger partial charge < -0.3 is 9.05 Å². The highest BCUT2D eigenvalue weighted by molar-refractivity contribution is 6.90. The molecule has 0 unspecified atom stereocenters. The van der Waals surface area contributed by atoms with Crippen LogP contribution in [0, 0.1) is 6.92 Å². The molecule has 0 atom stereocenters. The maximum atomic E-state index is 2.67. The summed E-state index contributed by atoms with van der Waals surface area (Å²) in [6.07, 6.45) is 0. The fourth-order valence-electron chi connectivity index (χ4n) is 9.57. The Hall–Kier alpha value is -6.06. The molecule has 48 heavy (non-hydrogen) atoms. The first-order chi connectivity index (χ1) is 23.8. The summed E-state index contributed by atoms with van der Waals surface area (Å²) in [7, 11) is 0. The number of hydrogen-bond acceptors (Lipinski definition) is 0. The Labute approximate surface area is 277 Å². The molecule has 0 bridgehead atoms. The van der Waals surface area contributed by atoms with Crippen molar-refractivity contribution in [2.75, 3.05) is 0 Å². The predicted molar refractivity (Wildman–Crippen MR) is 204 cm³/mol. The number of rotatable bonds is 2. The minimum Gasteiger partial charge on any atom is -0.375 e. The van der Waals surface area contributed by atoms with Gasteiger partial charge in [-0.2, -0.15) is 0 Å². The van der Waals surface area contributed by atoms with E-state index in [-0.39, 0.29) is 6.85 Å². The number of para-hydroxylation sites is 2. The van der Waals surface area contributed by atoms with Gasteiger partial charge in [-0.3, -0.25) is 0 Å². The molecule has 0 fully saturated rings. The number of aryl methyl sites for hydroxylation is 1. The summed E-state index contributed by atoms with van der Waals surface area (Å²) >= 11 is 0. The number of fused-ring (bicyclic) bond motifs is 8. The van der Waals surface area contributed by atoms with Crippen molar-refractivity contribution >= 4 is 72.2 Å². The minimum atomic E-state index is 0.0449. The largest absolute Gasteiger partial charge is 0.375 e. The van der Waals surface area contributed by atoms with Crippen LogP contribution in [0.3, 0.4) is 0 Å². The Morgan fingerprint density at radius 2 is 1.19 bits per heavy atom. The molecule has 12 rings (SSSR count). The Bertz CT molecular complexity index is 3000. The van der Waals surface area contributed by atoms with E-state index in [4.69, 9.17) is 0 Å². The monoisotopic (exact) mass is 606 g/mol. The number of aromatic nitrogens is 2. The van der Waals surface area contributed by atoms with Crippen LogP contribution in [-0.2, 0) is 0 Å². The molecule has 0 saturated heterocycles. The van der Waals surface area contributed by atoms with Crippen LogP contribution in [0.1, 0.15) is 5.56 Å². The van der Waals surface area contributed by atoms with Crippen LogP contribution in [0.5, 0.6) is 0 Å². The second-order valence-corrected chi connectivity index (χ2v) is 13.7. The Morgan fingerprint density at radius 1 is 0.479 bits per heavy atom.